The molecule has 1 aliphatic rings. The monoisotopic (exact) mass is 238 g/mol. The van der Waals surface area contributed by atoms with Gasteiger partial charge in [0.15, 0.2) is 0 Å². The van der Waals surface area contributed by atoms with Gasteiger partial charge in [-0.25, -0.2) is 0 Å². The van der Waals surface area contributed by atoms with E-state index in [0.717, 1.165) is 18.0 Å². The fourth-order valence-corrected chi connectivity index (χ4v) is 1.94. The van der Waals surface area contributed by atoms with Crippen molar-refractivity contribution < 1.29 is 4.79 Å². The van der Waals surface area contributed by atoms with Crippen molar-refractivity contribution in [2.45, 2.75) is 25.4 Å². The number of benzene rings is 1. The van der Waals surface area contributed by atoms with E-state index in [1.807, 2.05) is 31.2 Å². The molecule has 0 unspecified atom stereocenters. The molecule has 0 bridgehead atoms. The van der Waals surface area contributed by atoms with Gasteiger partial charge in [-0.15, -0.1) is 0 Å². The number of piperazine rings is 1. The van der Waals surface area contributed by atoms with Crippen LogP contribution >= 0.6 is 11.6 Å². The maximum absolute atomic E-state index is 11.5. The zero-order valence-corrected chi connectivity index (χ0v) is 9.92. The van der Waals surface area contributed by atoms with Gasteiger partial charge in [0.2, 0.25) is 5.91 Å². The Bertz CT molecular complexity index is 377. The zero-order valence-electron chi connectivity index (χ0n) is 9.16. The number of carbonyl (C=O) groups excluding carboxylic acids is 1. The summed E-state index contributed by atoms with van der Waals surface area (Å²) in [5, 5.41) is 6.91. The van der Waals surface area contributed by atoms with Crippen molar-refractivity contribution in [1.82, 2.24) is 10.6 Å². The van der Waals surface area contributed by atoms with Gasteiger partial charge in [-0.3, -0.25) is 4.79 Å². The average molecular weight is 239 g/mol. The standard InChI is InChI=1S/C12H15ClN2O/c1-8-12(16)15-11(7-14-8)6-9-2-4-10(13)5-3-9/h2-5,8,11,14H,6-7H2,1H3,(H,15,16)/t8-,11-/m0/s1. The highest BCUT2D eigenvalue weighted by atomic mass is 35.5. The molecule has 2 atom stereocenters. The molecule has 4 heteroatoms. The lowest BCUT2D eigenvalue weighted by molar-refractivity contribution is -0.124. The minimum atomic E-state index is -0.0820. The van der Waals surface area contributed by atoms with E-state index in [9.17, 15) is 4.79 Å². The van der Waals surface area contributed by atoms with Crippen LogP contribution in [0.2, 0.25) is 5.02 Å². The summed E-state index contributed by atoms with van der Waals surface area (Å²) in [5.74, 6) is 0.0743. The highest BCUT2D eigenvalue weighted by Crippen LogP contribution is 2.11. The van der Waals surface area contributed by atoms with E-state index >= 15 is 0 Å². The average Bonchev–Trinajstić information content (AvgIpc) is 2.27. The predicted octanol–water partition coefficient (Wildman–Crippen LogP) is 1.36. The van der Waals surface area contributed by atoms with Gasteiger partial charge in [-0.2, -0.15) is 0 Å². The Morgan fingerprint density at radius 3 is 2.69 bits per heavy atom. The molecule has 0 radical (unpaired) electrons. The van der Waals surface area contributed by atoms with E-state index in [1.165, 1.54) is 5.56 Å². The van der Waals surface area contributed by atoms with Gasteiger partial charge in [0, 0.05) is 17.6 Å². The van der Waals surface area contributed by atoms with E-state index in [2.05, 4.69) is 10.6 Å². The molecule has 1 amide bonds. The SMILES string of the molecule is C[C@@H]1NC[C@H](Cc2ccc(Cl)cc2)NC1=O. The quantitative estimate of drug-likeness (QED) is 0.817. The first-order valence-corrected chi connectivity index (χ1v) is 5.81. The lowest BCUT2D eigenvalue weighted by Crippen LogP contribution is -2.57. The lowest BCUT2D eigenvalue weighted by atomic mass is 10.0. The topological polar surface area (TPSA) is 41.1 Å². The maximum Gasteiger partial charge on any atom is 0.237 e. The number of hydrogen-bond acceptors (Lipinski definition) is 2. The van der Waals surface area contributed by atoms with Crippen LogP contribution in [-0.4, -0.2) is 24.5 Å². The zero-order chi connectivity index (χ0) is 11.5. The molecule has 16 heavy (non-hydrogen) atoms. The molecular formula is C12H15ClN2O. The molecule has 1 fully saturated rings. The van der Waals surface area contributed by atoms with Gasteiger partial charge >= 0.3 is 0 Å². The molecule has 2 N–H and O–H groups in total. The number of hydrogen-bond donors (Lipinski definition) is 2. The van der Waals surface area contributed by atoms with E-state index in [0.29, 0.717) is 0 Å². The van der Waals surface area contributed by atoms with Gasteiger partial charge in [0.05, 0.1) is 6.04 Å². The summed E-state index contributed by atoms with van der Waals surface area (Å²) < 4.78 is 0. The summed E-state index contributed by atoms with van der Waals surface area (Å²) in [7, 11) is 0. The lowest BCUT2D eigenvalue weighted by Gasteiger charge is -2.28. The van der Waals surface area contributed by atoms with Gasteiger partial charge in [0.25, 0.3) is 0 Å². The van der Waals surface area contributed by atoms with E-state index in [-0.39, 0.29) is 18.0 Å². The molecule has 1 heterocycles. The summed E-state index contributed by atoms with van der Waals surface area (Å²) in [4.78, 5) is 11.5. The molecule has 86 valence electrons. The van der Waals surface area contributed by atoms with E-state index in [1.54, 1.807) is 0 Å². The van der Waals surface area contributed by atoms with Crippen LogP contribution in [0.3, 0.4) is 0 Å². The number of nitrogens with one attached hydrogen (secondary N) is 2. The summed E-state index contributed by atoms with van der Waals surface area (Å²) in [6.45, 7) is 2.68. The second-order valence-electron chi connectivity index (χ2n) is 4.17. The molecule has 1 aliphatic heterocycles. The minimum Gasteiger partial charge on any atom is -0.350 e. The Hall–Kier alpha value is -1.06. The van der Waals surface area contributed by atoms with Crippen molar-refractivity contribution >= 4 is 17.5 Å². The Kier molecular flexibility index (Phi) is 3.46. The van der Waals surface area contributed by atoms with Crippen LogP contribution < -0.4 is 10.6 Å². The third-order valence-electron chi connectivity index (χ3n) is 2.81. The van der Waals surface area contributed by atoms with Gasteiger partial charge in [-0.05, 0) is 31.0 Å². The fourth-order valence-electron chi connectivity index (χ4n) is 1.82. The Morgan fingerprint density at radius 2 is 2.06 bits per heavy atom. The second-order valence-corrected chi connectivity index (χ2v) is 4.60. The van der Waals surface area contributed by atoms with Crippen molar-refractivity contribution in [3.63, 3.8) is 0 Å². The van der Waals surface area contributed by atoms with Crippen molar-refractivity contribution in [1.29, 1.82) is 0 Å². The third kappa shape index (κ3) is 2.74. The van der Waals surface area contributed by atoms with Crippen molar-refractivity contribution in [3.8, 4) is 0 Å². The Morgan fingerprint density at radius 1 is 1.38 bits per heavy atom. The highest BCUT2D eigenvalue weighted by molar-refractivity contribution is 6.30. The first-order chi connectivity index (χ1) is 7.65. The Labute approximate surface area is 100 Å². The van der Waals surface area contributed by atoms with Gasteiger partial charge < -0.3 is 10.6 Å². The first-order valence-electron chi connectivity index (χ1n) is 5.43. The van der Waals surface area contributed by atoms with Crippen LogP contribution in [0.4, 0.5) is 0 Å². The molecule has 1 aromatic rings. The highest BCUT2D eigenvalue weighted by Gasteiger charge is 2.23. The number of amides is 1. The fraction of sp³-hybridized carbons (Fsp3) is 0.417. The van der Waals surface area contributed by atoms with E-state index < -0.39 is 0 Å². The van der Waals surface area contributed by atoms with Crippen molar-refractivity contribution in [2.24, 2.45) is 0 Å². The maximum atomic E-state index is 11.5. The van der Waals surface area contributed by atoms with E-state index in [4.69, 9.17) is 11.6 Å². The normalized spacial score (nSPS) is 25.2. The van der Waals surface area contributed by atoms with Crippen LogP contribution in [0.25, 0.3) is 0 Å². The van der Waals surface area contributed by atoms with Gasteiger partial charge in [0.1, 0.15) is 0 Å². The molecule has 0 spiro atoms. The summed E-state index contributed by atoms with van der Waals surface area (Å²) in [6, 6.07) is 7.82. The smallest absolute Gasteiger partial charge is 0.237 e. The van der Waals surface area contributed by atoms with Crippen LogP contribution in [0.1, 0.15) is 12.5 Å². The molecule has 0 aliphatic carbocycles. The molecule has 2 rings (SSSR count). The molecule has 1 saturated heterocycles. The molecule has 3 nitrogen and oxygen atoms in total. The second kappa shape index (κ2) is 4.85. The van der Waals surface area contributed by atoms with Crippen molar-refractivity contribution in [3.05, 3.63) is 34.9 Å². The first kappa shape index (κ1) is 11.4. The minimum absolute atomic E-state index is 0.0743. The van der Waals surface area contributed by atoms with Gasteiger partial charge in [-0.1, -0.05) is 23.7 Å². The van der Waals surface area contributed by atoms with Crippen LogP contribution in [0, 0.1) is 0 Å². The molecule has 1 aromatic carbocycles. The third-order valence-corrected chi connectivity index (χ3v) is 3.06. The predicted molar refractivity (Wildman–Crippen MR) is 64.6 cm³/mol. The summed E-state index contributed by atoms with van der Waals surface area (Å²) >= 11 is 5.81. The summed E-state index contributed by atoms with van der Waals surface area (Å²) in [5.41, 5.74) is 1.19. The number of carbonyl (C=O) groups is 1. The molecule has 0 saturated carbocycles. The van der Waals surface area contributed by atoms with Crippen LogP contribution in [-0.2, 0) is 11.2 Å². The summed E-state index contributed by atoms with van der Waals surface area (Å²) in [6.07, 6.45) is 0.836. The van der Waals surface area contributed by atoms with Crippen LogP contribution in [0.15, 0.2) is 24.3 Å². The van der Waals surface area contributed by atoms with Crippen molar-refractivity contribution in [2.75, 3.05) is 6.54 Å². The largest absolute Gasteiger partial charge is 0.350 e. The number of halogens is 1. The number of rotatable bonds is 2. The molecular weight excluding hydrogens is 224 g/mol. The molecule has 0 aromatic heterocycles. The van der Waals surface area contributed by atoms with Crippen LogP contribution in [0.5, 0.6) is 0 Å². The Balaban J connectivity index is 1.95.